The van der Waals surface area contributed by atoms with E-state index in [9.17, 15) is 4.39 Å². The molecule has 1 nitrogen and oxygen atoms in total. The van der Waals surface area contributed by atoms with Crippen LogP contribution in [-0.4, -0.2) is 0 Å². The third-order valence-corrected chi connectivity index (χ3v) is 3.17. The zero-order chi connectivity index (χ0) is 9.42. The minimum absolute atomic E-state index is 0. The van der Waals surface area contributed by atoms with E-state index in [0.29, 0.717) is 5.92 Å². The van der Waals surface area contributed by atoms with Gasteiger partial charge in [0.05, 0.1) is 0 Å². The lowest BCUT2D eigenvalue weighted by molar-refractivity contribution is 0.599. The van der Waals surface area contributed by atoms with E-state index in [1.807, 2.05) is 0 Å². The van der Waals surface area contributed by atoms with Crippen LogP contribution in [0.2, 0.25) is 0 Å². The van der Waals surface area contributed by atoms with Crippen molar-refractivity contribution in [2.24, 2.45) is 11.7 Å². The molecule has 1 saturated carbocycles. The van der Waals surface area contributed by atoms with Gasteiger partial charge in [0.15, 0.2) is 0 Å². The first-order valence-electron chi connectivity index (χ1n) is 4.39. The molecule has 1 aromatic rings. The summed E-state index contributed by atoms with van der Waals surface area (Å²) in [6.07, 6.45) is 2.34. The normalized spacial score (nSPS) is 17.4. The number of halogens is 3. The topological polar surface area (TPSA) is 26.0 Å². The molecule has 1 aliphatic rings. The van der Waals surface area contributed by atoms with E-state index in [0.717, 1.165) is 10.0 Å². The highest BCUT2D eigenvalue weighted by molar-refractivity contribution is 9.10. The van der Waals surface area contributed by atoms with Crippen molar-refractivity contribution in [1.29, 1.82) is 0 Å². The van der Waals surface area contributed by atoms with Crippen molar-refractivity contribution >= 4 is 28.3 Å². The Bertz CT molecular complexity index is 328. The molecule has 78 valence electrons. The third kappa shape index (κ3) is 2.47. The third-order valence-electron chi connectivity index (χ3n) is 2.45. The molecule has 2 rings (SSSR count). The monoisotopic (exact) mass is 279 g/mol. The van der Waals surface area contributed by atoms with Crippen LogP contribution < -0.4 is 5.73 Å². The maximum absolute atomic E-state index is 12.9. The zero-order valence-corrected chi connectivity index (χ0v) is 9.94. The van der Waals surface area contributed by atoms with Crippen LogP contribution in [0, 0.1) is 11.7 Å². The molecule has 1 aromatic carbocycles. The number of rotatable bonds is 2. The molecule has 0 aromatic heterocycles. The molecule has 0 amide bonds. The van der Waals surface area contributed by atoms with Gasteiger partial charge in [0.1, 0.15) is 5.82 Å². The van der Waals surface area contributed by atoms with E-state index in [1.165, 1.54) is 25.0 Å². The fraction of sp³-hybridized carbons (Fsp3) is 0.400. The molecule has 14 heavy (non-hydrogen) atoms. The van der Waals surface area contributed by atoms with Crippen LogP contribution in [-0.2, 0) is 0 Å². The maximum Gasteiger partial charge on any atom is 0.123 e. The Labute approximate surface area is 97.4 Å². The van der Waals surface area contributed by atoms with E-state index < -0.39 is 0 Å². The molecule has 1 unspecified atom stereocenters. The minimum atomic E-state index is -0.214. The van der Waals surface area contributed by atoms with Gasteiger partial charge in [-0.3, -0.25) is 0 Å². The highest BCUT2D eigenvalue weighted by atomic mass is 79.9. The fourth-order valence-electron chi connectivity index (χ4n) is 1.48. The standard InChI is InChI=1S/C10H11BrFN.ClH/c11-9-4-3-7(12)5-8(9)10(13)6-1-2-6;/h3-6,10H,1-2,13H2;1H. The highest BCUT2D eigenvalue weighted by Gasteiger charge is 2.30. The summed E-state index contributed by atoms with van der Waals surface area (Å²) in [5, 5.41) is 0. The van der Waals surface area contributed by atoms with Crippen molar-refractivity contribution in [3.63, 3.8) is 0 Å². The second-order valence-electron chi connectivity index (χ2n) is 3.53. The van der Waals surface area contributed by atoms with Gasteiger partial charge in [0, 0.05) is 10.5 Å². The largest absolute Gasteiger partial charge is 0.324 e. The molecule has 4 heteroatoms. The number of benzene rings is 1. The Balaban J connectivity index is 0.000000980. The molecule has 0 radical (unpaired) electrons. The van der Waals surface area contributed by atoms with Gasteiger partial charge in [-0.25, -0.2) is 4.39 Å². The summed E-state index contributed by atoms with van der Waals surface area (Å²) in [5.74, 6) is 0.340. The molecular formula is C10H12BrClFN. The Morgan fingerprint density at radius 2 is 2.07 bits per heavy atom. The molecule has 0 spiro atoms. The van der Waals surface area contributed by atoms with E-state index in [4.69, 9.17) is 5.73 Å². The first-order valence-corrected chi connectivity index (χ1v) is 5.18. The van der Waals surface area contributed by atoms with Gasteiger partial charge in [-0.05, 0) is 42.5 Å². The number of hydrogen-bond acceptors (Lipinski definition) is 1. The summed E-state index contributed by atoms with van der Waals surface area (Å²) in [5.41, 5.74) is 6.86. The lowest BCUT2D eigenvalue weighted by atomic mass is 10.0. The molecule has 0 heterocycles. The summed E-state index contributed by atoms with van der Waals surface area (Å²) in [7, 11) is 0. The minimum Gasteiger partial charge on any atom is -0.324 e. The Kier molecular flexibility index (Phi) is 3.93. The fourth-order valence-corrected chi connectivity index (χ4v) is 1.99. The first-order chi connectivity index (χ1) is 6.18. The van der Waals surface area contributed by atoms with Crippen LogP contribution in [0.15, 0.2) is 22.7 Å². The first kappa shape index (κ1) is 12.0. The second-order valence-corrected chi connectivity index (χ2v) is 4.38. The van der Waals surface area contributed by atoms with Crippen molar-refractivity contribution in [3.05, 3.63) is 34.1 Å². The number of nitrogens with two attached hydrogens (primary N) is 1. The van der Waals surface area contributed by atoms with Crippen molar-refractivity contribution < 1.29 is 4.39 Å². The molecule has 2 N–H and O–H groups in total. The Hall–Kier alpha value is -0.120. The van der Waals surface area contributed by atoms with Gasteiger partial charge in [0.25, 0.3) is 0 Å². The Morgan fingerprint density at radius 3 is 2.64 bits per heavy atom. The van der Waals surface area contributed by atoms with Crippen molar-refractivity contribution in [2.75, 3.05) is 0 Å². The Morgan fingerprint density at radius 1 is 1.43 bits per heavy atom. The van der Waals surface area contributed by atoms with Crippen LogP contribution in [0.5, 0.6) is 0 Å². The van der Waals surface area contributed by atoms with Crippen LogP contribution in [0.3, 0.4) is 0 Å². The molecule has 1 aliphatic carbocycles. The molecule has 0 aliphatic heterocycles. The van der Waals surface area contributed by atoms with Crippen LogP contribution in [0.1, 0.15) is 24.4 Å². The molecular weight excluding hydrogens is 268 g/mol. The van der Waals surface area contributed by atoms with Crippen molar-refractivity contribution in [3.8, 4) is 0 Å². The lowest BCUT2D eigenvalue weighted by Gasteiger charge is -2.12. The van der Waals surface area contributed by atoms with Gasteiger partial charge >= 0.3 is 0 Å². The molecule has 0 saturated heterocycles. The predicted octanol–water partition coefficient (Wildman–Crippen LogP) is 3.42. The summed E-state index contributed by atoms with van der Waals surface area (Å²) in [6, 6.07) is 4.66. The van der Waals surface area contributed by atoms with Crippen molar-refractivity contribution in [1.82, 2.24) is 0 Å². The van der Waals surface area contributed by atoms with Crippen LogP contribution in [0.25, 0.3) is 0 Å². The van der Waals surface area contributed by atoms with E-state index in [1.54, 1.807) is 6.07 Å². The average Bonchev–Trinajstić information content (AvgIpc) is 2.91. The molecule has 1 atom stereocenters. The van der Waals surface area contributed by atoms with Crippen LogP contribution >= 0.6 is 28.3 Å². The SMILES string of the molecule is Cl.NC(c1cc(F)ccc1Br)C1CC1. The van der Waals surface area contributed by atoms with Crippen LogP contribution in [0.4, 0.5) is 4.39 Å². The average molecular weight is 281 g/mol. The second kappa shape index (κ2) is 4.60. The summed E-state index contributed by atoms with van der Waals surface area (Å²) < 4.78 is 13.8. The van der Waals surface area contributed by atoms with E-state index >= 15 is 0 Å². The maximum atomic E-state index is 12.9. The van der Waals surface area contributed by atoms with Gasteiger partial charge in [0.2, 0.25) is 0 Å². The van der Waals surface area contributed by atoms with E-state index in [2.05, 4.69) is 15.9 Å². The van der Waals surface area contributed by atoms with Gasteiger partial charge in [-0.1, -0.05) is 15.9 Å². The quantitative estimate of drug-likeness (QED) is 0.882. The summed E-state index contributed by atoms with van der Waals surface area (Å²) in [6.45, 7) is 0. The number of hydrogen-bond donors (Lipinski definition) is 1. The zero-order valence-electron chi connectivity index (χ0n) is 7.54. The van der Waals surface area contributed by atoms with Gasteiger partial charge in [-0.2, -0.15) is 0 Å². The lowest BCUT2D eigenvalue weighted by Crippen LogP contribution is -2.13. The summed E-state index contributed by atoms with van der Waals surface area (Å²) in [4.78, 5) is 0. The van der Waals surface area contributed by atoms with Crippen molar-refractivity contribution in [2.45, 2.75) is 18.9 Å². The highest BCUT2D eigenvalue weighted by Crippen LogP contribution is 2.41. The molecule has 0 bridgehead atoms. The van der Waals surface area contributed by atoms with E-state index in [-0.39, 0.29) is 24.3 Å². The summed E-state index contributed by atoms with van der Waals surface area (Å²) >= 11 is 3.38. The van der Waals surface area contributed by atoms with Gasteiger partial charge in [-0.15, -0.1) is 12.4 Å². The predicted molar refractivity (Wildman–Crippen MR) is 61.0 cm³/mol. The smallest absolute Gasteiger partial charge is 0.123 e. The van der Waals surface area contributed by atoms with Gasteiger partial charge < -0.3 is 5.73 Å². The molecule has 1 fully saturated rings.